The lowest BCUT2D eigenvalue weighted by Gasteiger charge is -2.07. The molecule has 10 heavy (non-hydrogen) atoms. The predicted octanol–water partition coefficient (Wildman–Crippen LogP) is 1.88. The predicted molar refractivity (Wildman–Crippen MR) is 44.9 cm³/mol. The fraction of sp³-hybridized carbons (Fsp3) is 0.111. The Bertz CT molecular complexity index is 263. The van der Waals surface area contributed by atoms with Gasteiger partial charge in [-0.05, 0) is 11.1 Å². The van der Waals surface area contributed by atoms with E-state index in [0.717, 1.165) is 6.32 Å². The molecule has 1 aromatic carbocycles. The van der Waals surface area contributed by atoms with Crippen molar-refractivity contribution in [1.29, 1.82) is 0 Å². The second-order valence-electron chi connectivity index (χ2n) is 2.50. The molecule has 0 aliphatic carbocycles. The fourth-order valence-corrected chi connectivity index (χ4v) is 1.25. The molecule has 1 heterocycles. The number of fused-ring (bicyclic) bond motifs is 1. The van der Waals surface area contributed by atoms with Crippen LogP contribution in [-0.4, -0.2) is 7.28 Å². The fourth-order valence-electron chi connectivity index (χ4n) is 1.25. The maximum Gasteiger partial charge on any atom is 0.146 e. The first-order valence-electron chi connectivity index (χ1n) is 3.54. The van der Waals surface area contributed by atoms with Crippen LogP contribution in [0.1, 0.15) is 11.1 Å². The van der Waals surface area contributed by atoms with E-state index in [0.29, 0.717) is 0 Å². The summed E-state index contributed by atoms with van der Waals surface area (Å²) in [7, 11) is 2.18. The van der Waals surface area contributed by atoms with Crippen molar-refractivity contribution in [1.82, 2.24) is 0 Å². The van der Waals surface area contributed by atoms with Crippen LogP contribution in [0, 0.1) is 0 Å². The van der Waals surface area contributed by atoms with Crippen LogP contribution in [-0.2, 0) is 6.32 Å². The van der Waals surface area contributed by atoms with Crippen LogP contribution in [0.25, 0.3) is 6.08 Å². The summed E-state index contributed by atoms with van der Waals surface area (Å²) in [4.78, 5) is 0. The van der Waals surface area contributed by atoms with E-state index in [4.69, 9.17) is 0 Å². The summed E-state index contributed by atoms with van der Waals surface area (Å²) >= 11 is 0. The van der Waals surface area contributed by atoms with Crippen LogP contribution >= 0.6 is 0 Å². The highest BCUT2D eigenvalue weighted by molar-refractivity contribution is 6.43. The Balaban J connectivity index is 2.54. The molecule has 2 rings (SSSR count). The van der Waals surface area contributed by atoms with Crippen molar-refractivity contribution in [3.05, 3.63) is 41.4 Å². The molecule has 0 fully saturated rings. The molecule has 0 amide bonds. The van der Waals surface area contributed by atoms with E-state index in [1.807, 2.05) is 0 Å². The van der Waals surface area contributed by atoms with Crippen molar-refractivity contribution in [2.24, 2.45) is 0 Å². The zero-order chi connectivity index (χ0) is 6.81. The molecular weight excluding hydrogens is 119 g/mol. The molecule has 1 aliphatic rings. The standard InChI is InChI=1S/C9H8B/c1-2-4-9-7-10-6-5-8(9)3-1/h1-6H,7H2. The quantitative estimate of drug-likeness (QED) is 0.466. The summed E-state index contributed by atoms with van der Waals surface area (Å²) < 4.78 is 0. The van der Waals surface area contributed by atoms with E-state index in [1.165, 1.54) is 11.1 Å². The van der Waals surface area contributed by atoms with Gasteiger partial charge in [0.2, 0.25) is 0 Å². The number of rotatable bonds is 0. The SMILES string of the molecule is [B]1C=Cc2ccccc2C1. The lowest BCUT2D eigenvalue weighted by atomic mass is 9.67. The number of hydrogen-bond donors (Lipinski definition) is 0. The molecule has 0 bridgehead atoms. The van der Waals surface area contributed by atoms with Crippen molar-refractivity contribution in [2.45, 2.75) is 6.32 Å². The van der Waals surface area contributed by atoms with Crippen molar-refractivity contribution in [2.75, 3.05) is 0 Å². The zero-order valence-corrected chi connectivity index (χ0v) is 5.75. The molecule has 1 radical (unpaired) electrons. The molecule has 0 aromatic heterocycles. The summed E-state index contributed by atoms with van der Waals surface area (Å²) in [5, 5.41) is 0. The second-order valence-corrected chi connectivity index (χ2v) is 2.50. The zero-order valence-electron chi connectivity index (χ0n) is 5.75. The highest BCUT2D eigenvalue weighted by Crippen LogP contribution is 2.13. The first-order valence-corrected chi connectivity index (χ1v) is 3.54. The van der Waals surface area contributed by atoms with Gasteiger partial charge in [-0.25, -0.2) is 0 Å². The minimum absolute atomic E-state index is 1.09. The van der Waals surface area contributed by atoms with Gasteiger partial charge in [-0.1, -0.05) is 36.7 Å². The third-order valence-electron chi connectivity index (χ3n) is 1.80. The Morgan fingerprint density at radius 3 is 3.00 bits per heavy atom. The normalized spacial score (nSPS) is 14.0. The van der Waals surface area contributed by atoms with Crippen molar-refractivity contribution in [3.63, 3.8) is 0 Å². The average Bonchev–Trinajstić information content (AvgIpc) is 2.05. The van der Waals surface area contributed by atoms with Crippen LogP contribution in [0.3, 0.4) is 0 Å². The Kier molecular flexibility index (Phi) is 1.35. The van der Waals surface area contributed by atoms with Crippen molar-refractivity contribution < 1.29 is 0 Å². The van der Waals surface area contributed by atoms with Gasteiger partial charge < -0.3 is 0 Å². The first kappa shape index (κ1) is 5.78. The van der Waals surface area contributed by atoms with E-state index in [-0.39, 0.29) is 0 Å². The monoisotopic (exact) mass is 127 g/mol. The summed E-state index contributed by atoms with van der Waals surface area (Å²) in [5.74, 6) is 2.11. The summed E-state index contributed by atoms with van der Waals surface area (Å²) in [5.41, 5.74) is 2.80. The molecule has 1 aliphatic heterocycles. The van der Waals surface area contributed by atoms with E-state index in [9.17, 15) is 0 Å². The Morgan fingerprint density at radius 2 is 2.10 bits per heavy atom. The van der Waals surface area contributed by atoms with Gasteiger partial charge in [0.15, 0.2) is 0 Å². The maximum absolute atomic E-state index is 2.18. The Hall–Kier alpha value is -0.975. The second kappa shape index (κ2) is 2.33. The van der Waals surface area contributed by atoms with Gasteiger partial charge in [-0.2, -0.15) is 0 Å². The third kappa shape index (κ3) is 0.880. The van der Waals surface area contributed by atoms with Gasteiger partial charge in [0.25, 0.3) is 0 Å². The van der Waals surface area contributed by atoms with Gasteiger partial charge in [0.1, 0.15) is 7.28 Å². The minimum Gasteiger partial charge on any atom is -0.122 e. The van der Waals surface area contributed by atoms with Gasteiger partial charge in [-0.3, -0.25) is 0 Å². The molecule has 0 saturated carbocycles. The van der Waals surface area contributed by atoms with E-state index >= 15 is 0 Å². The molecule has 0 unspecified atom stereocenters. The minimum atomic E-state index is 1.09. The molecule has 1 aromatic rings. The molecule has 47 valence electrons. The summed E-state index contributed by atoms with van der Waals surface area (Å²) in [6, 6.07) is 8.49. The molecule has 0 spiro atoms. The van der Waals surface area contributed by atoms with Gasteiger partial charge in [0, 0.05) is 0 Å². The summed E-state index contributed by atoms with van der Waals surface area (Å²) in [6.45, 7) is 0. The molecule has 0 N–H and O–H groups in total. The van der Waals surface area contributed by atoms with Gasteiger partial charge in [-0.15, -0.1) is 5.98 Å². The lowest BCUT2D eigenvalue weighted by Crippen LogP contribution is -2.00. The van der Waals surface area contributed by atoms with Crippen LogP contribution in [0.15, 0.2) is 30.2 Å². The first-order chi connectivity index (χ1) is 4.97. The maximum atomic E-state index is 2.18. The molecule has 1 heteroatoms. The summed E-state index contributed by atoms with van der Waals surface area (Å²) in [6.07, 6.45) is 3.24. The molecule has 0 nitrogen and oxygen atoms in total. The van der Waals surface area contributed by atoms with Crippen molar-refractivity contribution >= 4 is 13.4 Å². The largest absolute Gasteiger partial charge is 0.146 e. The topological polar surface area (TPSA) is 0 Å². The van der Waals surface area contributed by atoms with Crippen LogP contribution in [0.2, 0.25) is 0 Å². The van der Waals surface area contributed by atoms with E-state index in [1.54, 1.807) is 0 Å². The Labute approximate surface area is 61.8 Å². The van der Waals surface area contributed by atoms with Crippen LogP contribution in [0.4, 0.5) is 0 Å². The highest BCUT2D eigenvalue weighted by atomic mass is 14.0. The van der Waals surface area contributed by atoms with Gasteiger partial charge >= 0.3 is 0 Å². The van der Waals surface area contributed by atoms with Gasteiger partial charge in [0.05, 0.1) is 0 Å². The lowest BCUT2D eigenvalue weighted by molar-refractivity contribution is 1.36. The van der Waals surface area contributed by atoms with Crippen LogP contribution < -0.4 is 0 Å². The smallest absolute Gasteiger partial charge is 0.122 e. The average molecular weight is 127 g/mol. The van der Waals surface area contributed by atoms with E-state index < -0.39 is 0 Å². The third-order valence-corrected chi connectivity index (χ3v) is 1.80. The number of hydrogen-bond acceptors (Lipinski definition) is 0. The molecule has 0 saturated heterocycles. The molecule has 0 atom stereocenters. The van der Waals surface area contributed by atoms with Crippen molar-refractivity contribution in [3.8, 4) is 0 Å². The number of benzene rings is 1. The Morgan fingerprint density at radius 1 is 1.20 bits per heavy atom. The highest BCUT2D eigenvalue weighted by Gasteiger charge is 2.01. The van der Waals surface area contributed by atoms with E-state index in [2.05, 4.69) is 43.6 Å². The molecular formula is C9H8B. The van der Waals surface area contributed by atoms with Crippen LogP contribution in [0.5, 0.6) is 0 Å².